The van der Waals surface area contributed by atoms with Crippen LogP contribution in [0.5, 0.6) is 0 Å². The van der Waals surface area contributed by atoms with Crippen molar-refractivity contribution in [1.82, 2.24) is 0 Å². The first-order chi connectivity index (χ1) is 13.0. The van der Waals surface area contributed by atoms with Crippen LogP contribution < -0.4 is 0 Å². The van der Waals surface area contributed by atoms with Gasteiger partial charge in [-0.3, -0.25) is 0 Å². The Bertz CT molecular complexity index is 1000. The minimum absolute atomic E-state index is 0.128. The van der Waals surface area contributed by atoms with Crippen LogP contribution in [0.4, 0.5) is 17.6 Å². The van der Waals surface area contributed by atoms with Gasteiger partial charge in [0.2, 0.25) is 0 Å². The quantitative estimate of drug-likeness (QED) is 0.378. The molecule has 3 aromatic carbocycles. The highest BCUT2D eigenvalue weighted by Crippen LogP contribution is 2.25. The van der Waals surface area contributed by atoms with Crippen molar-refractivity contribution in [3.63, 3.8) is 0 Å². The number of halogens is 4. The third-order valence-corrected chi connectivity index (χ3v) is 4.12. The normalized spacial score (nSPS) is 10.4. The van der Waals surface area contributed by atoms with Crippen molar-refractivity contribution < 1.29 is 17.6 Å². The summed E-state index contributed by atoms with van der Waals surface area (Å²) < 4.78 is 54.8. The van der Waals surface area contributed by atoms with E-state index in [1.165, 1.54) is 18.2 Å². The molecule has 0 atom stereocenters. The van der Waals surface area contributed by atoms with Crippen LogP contribution in [0.15, 0.2) is 54.6 Å². The van der Waals surface area contributed by atoms with Gasteiger partial charge < -0.3 is 0 Å². The molecule has 0 aliphatic rings. The molecule has 0 spiro atoms. The van der Waals surface area contributed by atoms with Gasteiger partial charge in [-0.2, -0.15) is 0 Å². The zero-order valence-electron chi connectivity index (χ0n) is 14.6. The number of hydrogen-bond acceptors (Lipinski definition) is 0. The van der Waals surface area contributed by atoms with Crippen molar-refractivity contribution in [3.05, 3.63) is 94.6 Å². The molecule has 0 unspecified atom stereocenters. The summed E-state index contributed by atoms with van der Waals surface area (Å²) in [5.74, 6) is 1.13. The average Bonchev–Trinajstić information content (AvgIpc) is 2.64. The molecule has 136 valence electrons. The maximum atomic E-state index is 14.4. The summed E-state index contributed by atoms with van der Waals surface area (Å²) in [6, 6.07) is 13.0. The molecule has 0 fully saturated rings. The molecule has 27 heavy (non-hydrogen) atoms. The Labute approximate surface area is 155 Å². The highest BCUT2D eigenvalue weighted by atomic mass is 19.2. The van der Waals surface area contributed by atoms with Crippen LogP contribution in [0.1, 0.15) is 30.0 Å². The van der Waals surface area contributed by atoms with E-state index in [4.69, 9.17) is 0 Å². The smallest absolute Gasteiger partial charge is 0.160 e. The molecule has 3 rings (SSSR count). The van der Waals surface area contributed by atoms with Crippen LogP contribution in [-0.2, 0) is 6.42 Å². The van der Waals surface area contributed by atoms with E-state index in [2.05, 4.69) is 18.8 Å². The minimum Gasteiger partial charge on any atom is -0.205 e. The molecule has 0 radical (unpaired) electrons. The van der Waals surface area contributed by atoms with E-state index in [0.717, 1.165) is 30.5 Å². The molecule has 0 amide bonds. The topological polar surface area (TPSA) is 0 Å². The van der Waals surface area contributed by atoms with Gasteiger partial charge in [0.15, 0.2) is 11.6 Å². The Balaban J connectivity index is 1.91. The summed E-state index contributed by atoms with van der Waals surface area (Å²) in [6.07, 6.45) is 1.97. The van der Waals surface area contributed by atoms with Gasteiger partial charge in [0.05, 0.1) is 5.56 Å². The van der Waals surface area contributed by atoms with Gasteiger partial charge in [-0.15, -0.1) is 0 Å². The largest absolute Gasteiger partial charge is 0.205 e. The fraction of sp³-hybridized carbons (Fsp3) is 0.130. The van der Waals surface area contributed by atoms with Crippen molar-refractivity contribution in [1.29, 1.82) is 0 Å². The van der Waals surface area contributed by atoms with E-state index in [9.17, 15) is 17.6 Å². The third-order valence-electron chi connectivity index (χ3n) is 4.12. The molecule has 0 aliphatic heterocycles. The maximum Gasteiger partial charge on any atom is 0.160 e. The van der Waals surface area contributed by atoms with Crippen LogP contribution in [0, 0.1) is 35.1 Å². The molecule has 0 bridgehead atoms. The van der Waals surface area contributed by atoms with E-state index in [1.807, 2.05) is 24.3 Å². The lowest BCUT2D eigenvalue weighted by atomic mass is 10.0. The molecular formula is C23H16F4. The summed E-state index contributed by atoms with van der Waals surface area (Å²) in [5.41, 5.74) is 1.99. The van der Waals surface area contributed by atoms with Gasteiger partial charge in [-0.25, -0.2) is 17.6 Å². The van der Waals surface area contributed by atoms with Crippen molar-refractivity contribution in [2.24, 2.45) is 0 Å². The van der Waals surface area contributed by atoms with E-state index in [0.29, 0.717) is 11.1 Å². The highest BCUT2D eigenvalue weighted by molar-refractivity contribution is 5.65. The Hall–Kier alpha value is -3.06. The molecule has 0 aromatic heterocycles. The summed E-state index contributed by atoms with van der Waals surface area (Å²) in [4.78, 5) is 0. The third kappa shape index (κ3) is 4.38. The van der Waals surface area contributed by atoms with Crippen molar-refractivity contribution in [2.75, 3.05) is 0 Å². The number of rotatable bonds is 3. The monoisotopic (exact) mass is 368 g/mol. The number of aryl methyl sites for hydroxylation is 1. The summed E-state index contributed by atoms with van der Waals surface area (Å²) in [7, 11) is 0. The zero-order valence-corrected chi connectivity index (χ0v) is 14.6. The van der Waals surface area contributed by atoms with Crippen LogP contribution in [0.25, 0.3) is 11.1 Å². The summed E-state index contributed by atoms with van der Waals surface area (Å²) in [5, 5.41) is 0. The minimum atomic E-state index is -1.07. The molecule has 0 heterocycles. The molecule has 0 saturated heterocycles. The highest BCUT2D eigenvalue weighted by Gasteiger charge is 2.11. The van der Waals surface area contributed by atoms with Crippen molar-refractivity contribution in [2.45, 2.75) is 19.8 Å². The van der Waals surface area contributed by atoms with E-state index >= 15 is 0 Å². The second kappa shape index (κ2) is 8.09. The lowest BCUT2D eigenvalue weighted by Gasteiger charge is -2.06. The van der Waals surface area contributed by atoms with Gasteiger partial charge in [-0.1, -0.05) is 49.5 Å². The second-order valence-corrected chi connectivity index (χ2v) is 6.14. The SMILES string of the molecule is CCCc1ccc(-c2cc(F)c(C#Cc3ccc(F)c(F)c3)c(F)c2)cc1. The lowest BCUT2D eigenvalue weighted by molar-refractivity contribution is 0.508. The second-order valence-electron chi connectivity index (χ2n) is 6.14. The van der Waals surface area contributed by atoms with E-state index < -0.39 is 28.8 Å². The Kier molecular flexibility index (Phi) is 5.61. The number of hydrogen-bond donors (Lipinski definition) is 0. The maximum absolute atomic E-state index is 14.4. The van der Waals surface area contributed by atoms with Crippen molar-refractivity contribution in [3.8, 4) is 23.0 Å². The van der Waals surface area contributed by atoms with Gasteiger partial charge >= 0.3 is 0 Å². The van der Waals surface area contributed by atoms with Gasteiger partial charge in [0.1, 0.15) is 11.6 Å². The van der Waals surface area contributed by atoms with E-state index in [-0.39, 0.29) is 5.56 Å². The molecule has 0 saturated carbocycles. The zero-order chi connectivity index (χ0) is 19.4. The number of benzene rings is 3. The molecule has 0 nitrogen and oxygen atoms in total. The van der Waals surface area contributed by atoms with Crippen LogP contribution in [0.2, 0.25) is 0 Å². The molecule has 0 aliphatic carbocycles. The van der Waals surface area contributed by atoms with Crippen molar-refractivity contribution >= 4 is 0 Å². The van der Waals surface area contributed by atoms with Crippen LogP contribution in [-0.4, -0.2) is 0 Å². The van der Waals surface area contributed by atoms with Crippen LogP contribution in [0.3, 0.4) is 0 Å². The molecule has 0 N–H and O–H groups in total. The molecular weight excluding hydrogens is 352 g/mol. The molecule has 4 heteroatoms. The fourth-order valence-corrected chi connectivity index (χ4v) is 2.72. The first-order valence-corrected chi connectivity index (χ1v) is 8.53. The van der Waals surface area contributed by atoms with Crippen LogP contribution >= 0.6 is 0 Å². The van der Waals surface area contributed by atoms with Gasteiger partial charge in [0.25, 0.3) is 0 Å². The fourth-order valence-electron chi connectivity index (χ4n) is 2.72. The summed E-state index contributed by atoms with van der Waals surface area (Å²) >= 11 is 0. The van der Waals surface area contributed by atoms with Gasteiger partial charge in [0, 0.05) is 5.56 Å². The average molecular weight is 368 g/mol. The summed E-state index contributed by atoms with van der Waals surface area (Å²) in [6.45, 7) is 2.08. The predicted octanol–water partition coefficient (Wildman–Crippen LogP) is 6.26. The molecule has 3 aromatic rings. The van der Waals surface area contributed by atoms with E-state index in [1.54, 1.807) is 0 Å². The standard InChI is InChI=1S/C23H16F4/c1-2-3-15-4-8-17(9-5-15)18-13-21(25)19(22(26)14-18)10-6-16-7-11-20(24)23(27)12-16/h4-5,7-9,11-14H,2-3H2,1H3. The Morgan fingerprint density at radius 3 is 1.93 bits per heavy atom. The lowest BCUT2D eigenvalue weighted by Crippen LogP contribution is -1.93. The van der Waals surface area contributed by atoms with Gasteiger partial charge in [-0.05, 0) is 53.4 Å². The first kappa shape index (κ1) is 18.7. The first-order valence-electron chi connectivity index (χ1n) is 8.53. The Morgan fingerprint density at radius 2 is 1.33 bits per heavy atom. The Morgan fingerprint density at radius 1 is 0.667 bits per heavy atom. The predicted molar refractivity (Wildman–Crippen MR) is 98.1 cm³/mol.